The van der Waals surface area contributed by atoms with E-state index in [0.29, 0.717) is 0 Å². The maximum absolute atomic E-state index is 2.32. The Bertz CT molecular complexity index is 938. The van der Waals surface area contributed by atoms with E-state index >= 15 is 0 Å². The predicted octanol–water partition coefficient (Wildman–Crippen LogP) is 5.87. The van der Waals surface area contributed by atoms with Crippen molar-refractivity contribution in [2.75, 3.05) is 6.26 Å². The molecule has 4 aromatic carbocycles. The first-order chi connectivity index (χ1) is 9.85. The van der Waals surface area contributed by atoms with Gasteiger partial charge < -0.3 is 0 Å². The van der Waals surface area contributed by atoms with Crippen LogP contribution in [-0.2, 0) is 0 Å². The molecule has 0 amide bonds. The maximum atomic E-state index is 2.32. The highest BCUT2D eigenvalue weighted by atomic mass is 32.2. The van der Waals surface area contributed by atoms with Crippen LogP contribution in [0.15, 0.2) is 71.6 Å². The second-order valence-electron chi connectivity index (χ2n) is 5.08. The summed E-state index contributed by atoms with van der Waals surface area (Å²) in [7, 11) is 0. The van der Waals surface area contributed by atoms with Gasteiger partial charge in [0.1, 0.15) is 0 Å². The van der Waals surface area contributed by atoms with E-state index in [4.69, 9.17) is 0 Å². The van der Waals surface area contributed by atoms with E-state index in [0.717, 1.165) is 0 Å². The monoisotopic (exact) mass is 274 g/mol. The van der Waals surface area contributed by atoms with Crippen molar-refractivity contribution >= 4 is 44.1 Å². The third-order valence-electron chi connectivity index (χ3n) is 3.88. The molecule has 0 unspecified atom stereocenters. The van der Waals surface area contributed by atoms with E-state index in [9.17, 15) is 0 Å². The third kappa shape index (κ3) is 1.78. The van der Waals surface area contributed by atoms with E-state index in [-0.39, 0.29) is 0 Å². The molecule has 4 aromatic rings. The van der Waals surface area contributed by atoms with Gasteiger partial charge in [-0.3, -0.25) is 0 Å². The van der Waals surface area contributed by atoms with Gasteiger partial charge in [-0.1, -0.05) is 36.4 Å². The fraction of sp³-hybridized carbons (Fsp3) is 0.0526. The fourth-order valence-corrected chi connectivity index (χ4v) is 3.48. The van der Waals surface area contributed by atoms with Gasteiger partial charge in [0.25, 0.3) is 0 Å². The van der Waals surface area contributed by atoms with Crippen molar-refractivity contribution in [1.29, 1.82) is 0 Å². The summed E-state index contributed by atoms with van der Waals surface area (Å²) in [6, 6.07) is 24.3. The molecule has 96 valence electrons. The lowest BCUT2D eigenvalue weighted by molar-refractivity contribution is 1.56. The standard InChI is InChI=1S/C19H14S/c1-20-19-8-4-7-15-11-16-9-13-5-2-3-6-14(13)10-17(16)12-18(15)19/h2-12H,1H3. The molecule has 0 aliphatic carbocycles. The van der Waals surface area contributed by atoms with E-state index in [1.165, 1.54) is 37.2 Å². The molecule has 1 heteroatoms. The van der Waals surface area contributed by atoms with Crippen LogP contribution in [0.3, 0.4) is 0 Å². The SMILES string of the molecule is CSc1cccc2cc3cc4ccccc4cc3cc12. The van der Waals surface area contributed by atoms with Gasteiger partial charge in [0.05, 0.1) is 0 Å². The molecule has 0 atom stereocenters. The zero-order valence-electron chi connectivity index (χ0n) is 11.3. The van der Waals surface area contributed by atoms with Crippen molar-refractivity contribution in [1.82, 2.24) is 0 Å². The Morgan fingerprint density at radius 2 is 1.20 bits per heavy atom. The molecule has 0 bridgehead atoms. The minimum atomic E-state index is 1.31. The summed E-state index contributed by atoms with van der Waals surface area (Å²) in [5.41, 5.74) is 0. The van der Waals surface area contributed by atoms with Crippen LogP contribution in [0.25, 0.3) is 32.3 Å². The van der Waals surface area contributed by atoms with Crippen LogP contribution in [0.2, 0.25) is 0 Å². The fourth-order valence-electron chi connectivity index (χ4n) is 2.87. The Kier molecular flexibility index (Phi) is 2.68. The van der Waals surface area contributed by atoms with E-state index in [2.05, 4.69) is 73.0 Å². The molecule has 20 heavy (non-hydrogen) atoms. The van der Waals surface area contributed by atoms with Gasteiger partial charge in [-0.25, -0.2) is 0 Å². The van der Waals surface area contributed by atoms with Crippen molar-refractivity contribution in [2.24, 2.45) is 0 Å². The van der Waals surface area contributed by atoms with Gasteiger partial charge in [-0.2, -0.15) is 0 Å². The van der Waals surface area contributed by atoms with Crippen LogP contribution >= 0.6 is 11.8 Å². The summed E-state index contributed by atoms with van der Waals surface area (Å²) < 4.78 is 0. The quantitative estimate of drug-likeness (QED) is 0.309. The smallest absolute Gasteiger partial charge is 0.0148 e. The van der Waals surface area contributed by atoms with Crippen molar-refractivity contribution < 1.29 is 0 Å². The van der Waals surface area contributed by atoms with Crippen LogP contribution in [0.1, 0.15) is 0 Å². The van der Waals surface area contributed by atoms with Crippen LogP contribution in [0, 0.1) is 0 Å². The highest BCUT2D eigenvalue weighted by Gasteiger charge is 2.03. The van der Waals surface area contributed by atoms with Crippen molar-refractivity contribution in [3.05, 3.63) is 66.7 Å². The largest absolute Gasteiger partial charge is 0.129 e. The molecule has 4 rings (SSSR count). The van der Waals surface area contributed by atoms with Crippen LogP contribution in [0.5, 0.6) is 0 Å². The molecular weight excluding hydrogens is 260 g/mol. The number of benzene rings is 4. The molecule has 0 spiro atoms. The number of fused-ring (bicyclic) bond motifs is 3. The molecule has 0 heterocycles. The number of rotatable bonds is 1. The lowest BCUT2D eigenvalue weighted by Gasteiger charge is -2.07. The third-order valence-corrected chi connectivity index (χ3v) is 4.68. The minimum Gasteiger partial charge on any atom is -0.129 e. The van der Waals surface area contributed by atoms with Crippen LogP contribution < -0.4 is 0 Å². The first-order valence-electron chi connectivity index (χ1n) is 6.74. The second kappa shape index (κ2) is 4.53. The normalized spacial score (nSPS) is 11.4. The second-order valence-corrected chi connectivity index (χ2v) is 5.93. The maximum Gasteiger partial charge on any atom is 0.0148 e. The summed E-state index contributed by atoms with van der Waals surface area (Å²) in [6.07, 6.45) is 2.14. The topological polar surface area (TPSA) is 0 Å². The van der Waals surface area contributed by atoms with Crippen molar-refractivity contribution in [3.63, 3.8) is 0 Å². The van der Waals surface area contributed by atoms with Gasteiger partial charge >= 0.3 is 0 Å². The Morgan fingerprint density at radius 3 is 1.90 bits per heavy atom. The molecule has 0 aromatic heterocycles. The lowest BCUT2D eigenvalue weighted by Crippen LogP contribution is -1.80. The number of hydrogen-bond acceptors (Lipinski definition) is 1. The minimum absolute atomic E-state index is 1.31. The molecule has 0 aliphatic rings. The Balaban J connectivity index is 2.15. The van der Waals surface area contributed by atoms with Gasteiger partial charge in [0, 0.05) is 4.90 Å². The zero-order chi connectivity index (χ0) is 13.5. The first-order valence-corrected chi connectivity index (χ1v) is 7.97. The van der Waals surface area contributed by atoms with Gasteiger partial charge in [0.15, 0.2) is 0 Å². The average molecular weight is 274 g/mol. The highest BCUT2D eigenvalue weighted by molar-refractivity contribution is 7.98. The predicted molar refractivity (Wildman–Crippen MR) is 90.7 cm³/mol. The van der Waals surface area contributed by atoms with Crippen molar-refractivity contribution in [2.45, 2.75) is 4.90 Å². The first kappa shape index (κ1) is 11.8. The molecule has 0 aliphatic heterocycles. The van der Waals surface area contributed by atoms with Crippen LogP contribution in [-0.4, -0.2) is 6.26 Å². The lowest BCUT2D eigenvalue weighted by atomic mass is 10.00. The van der Waals surface area contributed by atoms with Crippen LogP contribution in [0.4, 0.5) is 0 Å². The van der Waals surface area contributed by atoms with Gasteiger partial charge in [0.2, 0.25) is 0 Å². The summed E-state index contributed by atoms with van der Waals surface area (Å²) in [4.78, 5) is 1.34. The zero-order valence-corrected chi connectivity index (χ0v) is 12.1. The van der Waals surface area contributed by atoms with Gasteiger partial charge in [-0.15, -0.1) is 11.8 Å². The molecular formula is C19H14S. The molecule has 0 nitrogen and oxygen atoms in total. The molecule has 0 saturated carbocycles. The van der Waals surface area contributed by atoms with E-state index in [1.54, 1.807) is 0 Å². The van der Waals surface area contributed by atoms with Crippen molar-refractivity contribution in [3.8, 4) is 0 Å². The summed E-state index contributed by atoms with van der Waals surface area (Å²) in [5, 5.41) is 7.91. The molecule has 0 saturated heterocycles. The molecule has 0 fully saturated rings. The summed E-state index contributed by atoms with van der Waals surface area (Å²) in [6.45, 7) is 0. The average Bonchev–Trinajstić information content (AvgIpc) is 2.50. The highest BCUT2D eigenvalue weighted by Crippen LogP contribution is 2.32. The summed E-state index contributed by atoms with van der Waals surface area (Å²) in [5.74, 6) is 0. The number of hydrogen-bond donors (Lipinski definition) is 0. The Labute approximate surface area is 122 Å². The Morgan fingerprint density at radius 1 is 0.600 bits per heavy atom. The molecule has 0 radical (unpaired) electrons. The summed E-state index contributed by atoms with van der Waals surface area (Å²) >= 11 is 1.81. The van der Waals surface area contributed by atoms with Gasteiger partial charge in [-0.05, 0) is 68.9 Å². The number of thioether (sulfide) groups is 1. The Hall–Kier alpha value is -1.99. The van der Waals surface area contributed by atoms with E-state index < -0.39 is 0 Å². The van der Waals surface area contributed by atoms with E-state index in [1.807, 2.05) is 11.8 Å². The molecule has 0 N–H and O–H groups in total.